The van der Waals surface area contributed by atoms with E-state index in [0.717, 1.165) is 37.8 Å². The summed E-state index contributed by atoms with van der Waals surface area (Å²) in [6.07, 6.45) is 3.94. The zero-order valence-electron chi connectivity index (χ0n) is 20.1. The van der Waals surface area contributed by atoms with Crippen molar-refractivity contribution in [3.8, 4) is 0 Å². The molecule has 4 rings (SSSR count). The molecular weight excluding hydrogens is 470 g/mol. The van der Waals surface area contributed by atoms with E-state index in [1.165, 1.54) is 11.6 Å². The molecule has 8 nitrogen and oxygen atoms in total. The summed E-state index contributed by atoms with van der Waals surface area (Å²) in [6, 6.07) is 10.7. The van der Waals surface area contributed by atoms with Crippen LogP contribution < -0.4 is 10.6 Å². The van der Waals surface area contributed by atoms with Crippen molar-refractivity contribution in [3.05, 3.63) is 65.6 Å². The Morgan fingerprint density at radius 3 is 2.39 bits per heavy atom. The van der Waals surface area contributed by atoms with E-state index >= 15 is 0 Å². The summed E-state index contributed by atoms with van der Waals surface area (Å²) in [5.41, 5.74) is 1.96. The van der Waals surface area contributed by atoms with E-state index in [0.29, 0.717) is 24.1 Å². The van der Waals surface area contributed by atoms with Crippen molar-refractivity contribution >= 4 is 29.3 Å². The number of amides is 1. The van der Waals surface area contributed by atoms with Gasteiger partial charge >= 0.3 is 23.8 Å². The third kappa shape index (κ3) is 6.05. The molecule has 1 amide bonds. The van der Waals surface area contributed by atoms with Crippen LogP contribution in [0.15, 0.2) is 46.9 Å². The Labute approximate surface area is 207 Å². The number of ether oxygens (including phenoxy) is 1. The molecule has 0 radical (unpaired) electrons. The third-order valence-corrected chi connectivity index (χ3v) is 6.57. The standard InChI is InChI=1S/C26H28F2N4O4/c1-3-35-25(34)15(2)16-4-6-17(7-5-16)18-8-10-19(11-9-18)29-23(33)24-31-32-26(36-24)30-20-12-13-21(27)22(28)14-20/h8-17H,3-7H2,1-2H3,(H,29,33)(H,30,32)/t15-,16?,17?/m0/s1. The fourth-order valence-electron chi connectivity index (χ4n) is 4.50. The predicted molar refractivity (Wildman–Crippen MR) is 129 cm³/mol. The maximum Gasteiger partial charge on any atom is 0.320 e. The molecule has 36 heavy (non-hydrogen) atoms. The average Bonchev–Trinajstić information content (AvgIpc) is 3.35. The van der Waals surface area contributed by atoms with Crippen LogP contribution in [0.4, 0.5) is 26.2 Å². The second-order valence-electron chi connectivity index (χ2n) is 8.89. The van der Waals surface area contributed by atoms with Crippen LogP contribution in [-0.2, 0) is 9.53 Å². The molecule has 190 valence electrons. The van der Waals surface area contributed by atoms with Gasteiger partial charge in [-0.25, -0.2) is 8.78 Å². The van der Waals surface area contributed by atoms with Gasteiger partial charge in [0.1, 0.15) is 0 Å². The van der Waals surface area contributed by atoms with Gasteiger partial charge in [-0.3, -0.25) is 9.59 Å². The van der Waals surface area contributed by atoms with Gasteiger partial charge in [0.05, 0.1) is 12.5 Å². The van der Waals surface area contributed by atoms with Crippen LogP contribution in [0.5, 0.6) is 0 Å². The number of carbonyl (C=O) groups excluding carboxylic acids is 2. The van der Waals surface area contributed by atoms with E-state index < -0.39 is 17.5 Å². The first-order valence-corrected chi connectivity index (χ1v) is 12.0. The summed E-state index contributed by atoms with van der Waals surface area (Å²) < 4.78 is 36.8. The van der Waals surface area contributed by atoms with Crippen LogP contribution in [0.2, 0.25) is 0 Å². The molecule has 0 saturated heterocycles. The second kappa shape index (κ2) is 11.3. The highest BCUT2D eigenvalue weighted by molar-refractivity contribution is 6.00. The number of carbonyl (C=O) groups is 2. The number of hydrogen-bond acceptors (Lipinski definition) is 7. The van der Waals surface area contributed by atoms with Crippen molar-refractivity contribution in [1.82, 2.24) is 10.2 Å². The molecule has 0 aliphatic heterocycles. The van der Waals surface area contributed by atoms with Gasteiger partial charge in [0.25, 0.3) is 0 Å². The number of rotatable bonds is 8. The second-order valence-corrected chi connectivity index (χ2v) is 8.89. The number of anilines is 3. The maximum absolute atomic E-state index is 13.3. The van der Waals surface area contributed by atoms with E-state index in [2.05, 4.69) is 20.8 Å². The van der Waals surface area contributed by atoms with E-state index in [1.807, 2.05) is 38.1 Å². The number of aromatic nitrogens is 2. The van der Waals surface area contributed by atoms with Crippen LogP contribution in [0, 0.1) is 23.5 Å². The highest BCUT2D eigenvalue weighted by Crippen LogP contribution is 2.39. The summed E-state index contributed by atoms with van der Waals surface area (Å²) in [4.78, 5) is 24.5. The largest absolute Gasteiger partial charge is 0.466 e. The quantitative estimate of drug-likeness (QED) is 0.377. The van der Waals surface area contributed by atoms with Gasteiger partial charge in [0, 0.05) is 17.4 Å². The number of nitrogens with one attached hydrogen (secondary N) is 2. The molecule has 1 heterocycles. The first-order valence-electron chi connectivity index (χ1n) is 12.0. The average molecular weight is 499 g/mol. The van der Waals surface area contributed by atoms with E-state index in [-0.39, 0.29) is 29.5 Å². The Hall–Kier alpha value is -3.82. The minimum absolute atomic E-state index is 0.0826. The molecule has 2 N–H and O–H groups in total. The van der Waals surface area contributed by atoms with Gasteiger partial charge in [0.2, 0.25) is 0 Å². The molecule has 1 aromatic heterocycles. The summed E-state index contributed by atoms with van der Waals surface area (Å²) >= 11 is 0. The Kier molecular flexibility index (Phi) is 7.92. The van der Waals surface area contributed by atoms with Crippen molar-refractivity contribution in [2.24, 2.45) is 11.8 Å². The van der Waals surface area contributed by atoms with Gasteiger partial charge < -0.3 is 19.8 Å². The fraction of sp³-hybridized carbons (Fsp3) is 0.385. The molecule has 1 atom stereocenters. The smallest absolute Gasteiger partial charge is 0.320 e. The van der Waals surface area contributed by atoms with Crippen LogP contribution in [0.3, 0.4) is 0 Å². The first-order chi connectivity index (χ1) is 17.3. The monoisotopic (exact) mass is 498 g/mol. The van der Waals surface area contributed by atoms with Crippen molar-refractivity contribution in [3.63, 3.8) is 0 Å². The van der Waals surface area contributed by atoms with Crippen molar-refractivity contribution in [2.45, 2.75) is 45.4 Å². The molecule has 0 bridgehead atoms. The van der Waals surface area contributed by atoms with E-state index in [1.54, 1.807) is 0 Å². The first kappa shape index (κ1) is 25.3. The number of hydrogen-bond donors (Lipinski definition) is 2. The number of halogens is 2. The molecule has 1 fully saturated rings. The van der Waals surface area contributed by atoms with E-state index in [4.69, 9.17) is 9.15 Å². The van der Waals surface area contributed by atoms with Crippen molar-refractivity contribution < 1.29 is 27.5 Å². The molecule has 0 spiro atoms. The van der Waals surface area contributed by atoms with Gasteiger partial charge in [0.15, 0.2) is 11.6 Å². The Bertz CT molecular complexity index is 1210. The summed E-state index contributed by atoms with van der Waals surface area (Å²) in [7, 11) is 0. The van der Waals surface area contributed by atoms with Gasteiger partial charge in [-0.1, -0.05) is 24.2 Å². The number of nitrogens with zero attached hydrogens (tertiary/aromatic N) is 2. The van der Waals surface area contributed by atoms with Crippen molar-refractivity contribution in [1.29, 1.82) is 0 Å². The lowest BCUT2D eigenvalue weighted by molar-refractivity contribution is -0.149. The zero-order chi connectivity index (χ0) is 25.7. The minimum atomic E-state index is -1.03. The molecule has 3 aromatic rings. The SMILES string of the molecule is CCOC(=O)[C@@H](C)C1CCC(c2ccc(NC(=O)c3nnc(Nc4ccc(F)c(F)c4)o3)cc2)CC1. The third-order valence-electron chi connectivity index (χ3n) is 6.57. The summed E-state index contributed by atoms with van der Waals surface area (Å²) in [6.45, 7) is 4.18. The predicted octanol–water partition coefficient (Wildman–Crippen LogP) is 5.82. The minimum Gasteiger partial charge on any atom is -0.466 e. The Balaban J connectivity index is 1.29. The Morgan fingerprint density at radius 1 is 1.03 bits per heavy atom. The molecule has 2 aromatic carbocycles. The molecule has 1 aliphatic carbocycles. The number of benzene rings is 2. The molecule has 1 aliphatic rings. The van der Waals surface area contributed by atoms with Gasteiger partial charge in [-0.15, -0.1) is 5.10 Å². The van der Waals surface area contributed by atoms with Gasteiger partial charge in [-0.05, 0) is 74.3 Å². The van der Waals surface area contributed by atoms with Crippen LogP contribution >= 0.6 is 0 Å². The fourth-order valence-corrected chi connectivity index (χ4v) is 4.50. The highest BCUT2D eigenvalue weighted by Gasteiger charge is 2.30. The zero-order valence-corrected chi connectivity index (χ0v) is 20.1. The lowest BCUT2D eigenvalue weighted by Crippen LogP contribution is -2.26. The molecular formula is C26H28F2N4O4. The molecule has 10 heteroatoms. The van der Waals surface area contributed by atoms with E-state index in [9.17, 15) is 18.4 Å². The topological polar surface area (TPSA) is 106 Å². The highest BCUT2D eigenvalue weighted by atomic mass is 19.2. The Morgan fingerprint density at radius 2 is 1.72 bits per heavy atom. The maximum atomic E-state index is 13.3. The lowest BCUT2D eigenvalue weighted by Gasteiger charge is -2.31. The summed E-state index contributed by atoms with van der Waals surface area (Å²) in [5.74, 6) is -2.33. The van der Waals surface area contributed by atoms with Gasteiger partial charge in [-0.2, -0.15) is 0 Å². The lowest BCUT2D eigenvalue weighted by atomic mass is 9.74. The molecule has 1 saturated carbocycles. The van der Waals surface area contributed by atoms with Crippen LogP contribution in [-0.4, -0.2) is 28.7 Å². The number of esters is 1. The normalized spacial score (nSPS) is 18.3. The summed E-state index contributed by atoms with van der Waals surface area (Å²) in [5, 5.41) is 12.7. The molecule has 0 unspecified atom stereocenters. The van der Waals surface area contributed by atoms with Crippen LogP contribution in [0.25, 0.3) is 0 Å². The van der Waals surface area contributed by atoms with Crippen LogP contribution in [0.1, 0.15) is 61.7 Å². The van der Waals surface area contributed by atoms with Crippen molar-refractivity contribution in [2.75, 3.05) is 17.2 Å².